The van der Waals surface area contributed by atoms with Crippen molar-refractivity contribution in [3.05, 3.63) is 17.3 Å². The van der Waals surface area contributed by atoms with Crippen molar-refractivity contribution in [3.8, 4) is 0 Å². The van der Waals surface area contributed by atoms with E-state index in [0.29, 0.717) is 11.2 Å². The predicted octanol–water partition coefficient (Wildman–Crippen LogP) is 2.38. The second kappa shape index (κ2) is 5.19. The van der Waals surface area contributed by atoms with Crippen LogP contribution in [0.25, 0.3) is 0 Å². The summed E-state index contributed by atoms with van der Waals surface area (Å²) in [6.45, 7) is 0. The van der Waals surface area contributed by atoms with Gasteiger partial charge in [0.2, 0.25) is 5.16 Å². The molecule has 6 nitrogen and oxygen atoms in total. The second-order valence-corrected chi connectivity index (χ2v) is 5.52. The van der Waals surface area contributed by atoms with Gasteiger partial charge in [-0.3, -0.25) is 0 Å². The highest BCUT2D eigenvalue weighted by atomic mass is 35.5. The van der Waals surface area contributed by atoms with Crippen molar-refractivity contribution in [1.82, 2.24) is 30.4 Å². The van der Waals surface area contributed by atoms with Crippen LogP contribution in [0.5, 0.6) is 0 Å². The second-order valence-electron chi connectivity index (χ2n) is 4.14. The summed E-state index contributed by atoms with van der Waals surface area (Å²) in [4.78, 5) is 0. The lowest BCUT2D eigenvalue weighted by Crippen LogP contribution is -2.08. The van der Waals surface area contributed by atoms with E-state index < -0.39 is 0 Å². The maximum absolute atomic E-state index is 5.70. The van der Waals surface area contributed by atoms with Gasteiger partial charge >= 0.3 is 0 Å². The molecule has 3 rings (SSSR count). The lowest BCUT2D eigenvalue weighted by Gasteiger charge is -2.09. The Hall–Kier alpha value is -1.21. The molecule has 0 radical (unpaired) electrons. The van der Waals surface area contributed by atoms with Gasteiger partial charge in [-0.25, -0.2) is 4.68 Å². The fourth-order valence-corrected chi connectivity index (χ4v) is 2.94. The standard InChI is InChI=1S/C10H11ClN6S/c11-8-5-6-9(13-12-8)18-10-14-15-16-17(10)7-3-1-2-4-7/h5-7H,1-4H2. The van der Waals surface area contributed by atoms with Crippen LogP contribution < -0.4 is 0 Å². The first-order chi connectivity index (χ1) is 8.83. The van der Waals surface area contributed by atoms with E-state index in [1.54, 1.807) is 6.07 Å². The number of nitrogens with zero attached hydrogens (tertiary/aromatic N) is 6. The van der Waals surface area contributed by atoms with Crippen molar-refractivity contribution in [2.24, 2.45) is 0 Å². The molecule has 0 saturated heterocycles. The van der Waals surface area contributed by atoms with Crippen LogP contribution in [-0.2, 0) is 0 Å². The molecule has 0 aromatic carbocycles. The SMILES string of the molecule is Clc1ccc(Sc2nnnn2C2CCCC2)nn1. The Kier molecular flexibility index (Phi) is 3.42. The van der Waals surface area contributed by atoms with Gasteiger partial charge in [0.25, 0.3) is 0 Å². The average Bonchev–Trinajstić information content (AvgIpc) is 3.02. The third-order valence-corrected chi connectivity index (χ3v) is 4.02. The van der Waals surface area contributed by atoms with Gasteiger partial charge in [0.1, 0.15) is 5.03 Å². The lowest BCUT2D eigenvalue weighted by atomic mass is 10.3. The van der Waals surface area contributed by atoms with E-state index in [1.807, 2.05) is 10.7 Å². The van der Waals surface area contributed by atoms with Crippen LogP contribution in [0.15, 0.2) is 22.3 Å². The summed E-state index contributed by atoms with van der Waals surface area (Å²) in [5.74, 6) is 0. The van der Waals surface area contributed by atoms with Crippen molar-refractivity contribution in [2.75, 3.05) is 0 Å². The smallest absolute Gasteiger partial charge is 0.215 e. The van der Waals surface area contributed by atoms with Gasteiger partial charge in [-0.05, 0) is 47.2 Å². The Morgan fingerprint density at radius 3 is 2.72 bits per heavy atom. The van der Waals surface area contributed by atoms with Crippen molar-refractivity contribution in [2.45, 2.75) is 41.9 Å². The maximum Gasteiger partial charge on any atom is 0.215 e. The largest absolute Gasteiger partial charge is 0.217 e. The molecule has 0 amide bonds. The Balaban J connectivity index is 1.80. The third kappa shape index (κ3) is 2.46. The normalized spacial score (nSPS) is 16.3. The van der Waals surface area contributed by atoms with Crippen LogP contribution in [0.1, 0.15) is 31.7 Å². The van der Waals surface area contributed by atoms with E-state index in [1.165, 1.54) is 24.6 Å². The van der Waals surface area contributed by atoms with Crippen LogP contribution in [-0.4, -0.2) is 30.4 Å². The molecule has 2 heterocycles. The molecule has 0 atom stereocenters. The third-order valence-electron chi connectivity index (χ3n) is 2.94. The van der Waals surface area contributed by atoms with Crippen LogP contribution in [0.2, 0.25) is 5.15 Å². The summed E-state index contributed by atoms with van der Waals surface area (Å²) in [6, 6.07) is 3.94. The molecule has 0 unspecified atom stereocenters. The van der Waals surface area contributed by atoms with Gasteiger partial charge in [-0.1, -0.05) is 24.4 Å². The van der Waals surface area contributed by atoms with E-state index in [9.17, 15) is 0 Å². The first-order valence-electron chi connectivity index (χ1n) is 5.78. The van der Waals surface area contributed by atoms with Crippen molar-refractivity contribution >= 4 is 23.4 Å². The molecule has 1 fully saturated rings. The van der Waals surface area contributed by atoms with E-state index in [-0.39, 0.29) is 0 Å². The minimum atomic E-state index is 0.384. The summed E-state index contributed by atoms with van der Waals surface area (Å²) in [5, 5.41) is 21.6. The average molecular weight is 283 g/mol. The summed E-state index contributed by atoms with van der Waals surface area (Å²) >= 11 is 7.11. The molecule has 2 aromatic heterocycles. The Labute approximate surface area is 113 Å². The summed E-state index contributed by atoms with van der Waals surface area (Å²) < 4.78 is 1.90. The quantitative estimate of drug-likeness (QED) is 0.861. The maximum atomic E-state index is 5.70. The monoisotopic (exact) mass is 282 g/mol. The van der Waals surface area contributed by atoms with Gasteiger partial charge in [0.05, 0.1) is 6.04 Å². The number of hydrogen-bond donors (Lipinski definition) is 0. The van der Waals surface area contributed by atoms with Gasteiger partial charge < -0.3 is 0 Å². The van der Waals surface area contributed by atoms with Crippen molar-refractivity contribution in [3.63, 3.8) is 0 Å². The molecule has 2 aromatic rings. The highest BCUT2D eigenvalue weighted by Gasteiger charge is 2.22. The summed E-state index contributed by atoms with van der Waals surface area (Å²) in [5.41, 5.74) is 0. The first-order valence-corrected chi connectivity index (χ1v) is 6.97. The van der Waals surface area contributed by atoms with E-state index in [2.05, 4.69) is 25.7 Å². The van der Waals surface area contributed by atoms with Crippen LogP contribution in [0.4, 0.5) is 0 Å². The topological polar surface area (TPSA) is 69.4 Å². The van der Waals surface area contributed by atoms with Gasteiger partial charge in [0, 0.05) is 0 Å². The van der Waals surface area contributed by atoms with E-state index >= 15 is 0 Å². The number of tetrazole rings is 1. The predicted molar refractivity (Wildman–Crippen MR) is 66.5 cm³/mol. The lowest BCUT2D eigenvalue weighted by molar-refractivity contribution is 0.423. The molecule has 0 aliphatic heterocycles. The molecule has 0 bridgehead atoms. The zero-order chi connectivity index (χ0) is 12.4. The van der Waals surface area contributed by atoms with E-state index in [0.717, 1.165) is 23.0 Å². The fourth-order valence-electron chi connectivity index (χ4n) is 2.08. The van der Waals surface area contributed by atoms with Crippen LogP contribution in [0.3, 0.4) is 0 Å². The van der Waals surface area contributed by atoms with Crippen LogP contribution in [0, 0.1) is 0 Å². The molecule has 0 spiro atoms. The molecule has 8 heteroatoms. The van der Waals surface area contributed by atoms with Gasteiger partial charge in [-0.2, -0.15) is 0 Å². The molecule has 18 heavy (non-hydrogen) atoms. The van der Waals surface area contributed by atoms with Crippen molar-refractivity contribution < 1.29 is 0 Å². The Bertz CT molecular complexity index is 521. The molecular formula is C10H11ClN6S. The molecule has 1 aliphatic carbocycles. The molecule has 1 aliphatic rings. The van der Waals surface area contributed by atoms with Crippen LogP contribution >= 0.6 is 23.4 Å². The highest BCUT2D eigenvalue weighted by Crippen LogP contribution is 2.33. The number of hydrogen-bond acceptors (Lipinski definition) is 6. The fraction of sp³-hybridized carbons (Fsp3) is 0.500. The number of halogens is 1. The summed E-state index contributed by atoms with van der Waals surface area (Å²) in [7, 11) is 0. The van der Waals surface area contributed by atoms with Crippen molar-refractivity contribution in [1.29, 1.82) is 0 Å². The van der Waals surface area contributed by atoms with Gasteiger partial charge in [-0.15, -0.1) is 15.3 Å². The molecule has 94 valence electrons. The summed E-state index contributed by atoms with van der Waals surface area (Å²) in [6.07, 6.45) is 4.78. The molecular weight excluding hydrogens is 272 g/mol. The van der Waals surface area contributed by atoms with Gasteiger partial charge in [0.15, 0.2) is 5.15 Å². The Morgan fingerprint density at radius 1 is 1.17 bits per heavy atom. The number of aromatic nitrogens is 6. The highest BCUT2D eigenvalue weighted by molar-refractivity contribution is 7.99. The minimum Gasteiger partial charge on any atom is -0.217 e. The van der Waals surface area contributed by atoms with E-state index in [4.69, 9.17) is 11.6 Å². The zero-order valence-corrected chi connectivity index (χ0v) is 11.1. The minimum absolute atomic E-state index is 0.384. The molecule has 1 saturated carbocycles. The zero-order valence-electron chi connectivity index (χ0n) is 9.53. The first kappa shape index (κ1) is 11.9. The molecule has 0 N–H and O–H groups in total. The number of rotatable bonds is 3. The Morgan fingerprint density at radius 2 is 2.00 bits per heavy atom.